The molecule has 6 nitrogen and oxygen atoms in total. The Morgan fingerprint density at radius 3 is 2.60 bits per heavy atom. The van der Waals surface area contributed by atoms with Crippen molar-refractivity contribution in [1.29, 1.82) is 0 Å². The summed E-state index contributed by atoms with van der Waals surface area (Å²) in [5.74, 6) is -1.12. The highest BCUT2D eigenvalue weighted by atomic mass is 31.2. The van der Waals surface area contributed by atoms with Gasteiger partial charge in [0.05, 0.1) is 11.3 Å². The van der Waals surface area contributed by atoms with Crippen LogP contribution in [0.5, 0.6) is 0 Å². The maximum Gasteiger partial charge on any atom is 0.411 e. The summed E-state index contributed by atoms with van der Waals surface area (Å²) in [5.41, 5.74) is 0.284. The molecule has 0 atom stereocenters. The van der Waals surface area contributed by atoms with Gasteiger partial charge in [0.15, 0.2) is 0 Å². The van der Waals surface area contributed by atoms with Crippen molar-refractivity contribution in [1.82, 2.24) is 0 Å². The number of carboxylic acids is 1. The molecule has 0 heterocycles. The highest BCUT2D eigenvalue weighted by Crippen LogP contribution is 2.38. The van der Waals surface area contributed by atoms with Gasteiger partial charge in [-0.25, -0.2) is 9.59 Å². The van der Waals surface area contributed by atoms with Crippen LogP contribution in [-0.2, 0) is 9.30 Å². The third-order valence-electron chi connectivity index (χ3n) is 2.39. The average molecular weight is 297 g/mol. The van der Waals surface area contributed by atoms with Crippen LogP contribution >= 0.6 is 7.14 Å². The van der Waals surface area contributed by atoms with E-state index in [9.17, 15) is 14.2 Å². The van der Waals surface area contributed by atoms with Crippen LogP contribution in [0.3, 0.4) is 0 Å². The smallest absolute Gasteiger partial charge is 0.411 e. The lowest BCUT2D eigenvalue weighted by Crippen LogP contribution is -2.20. The Balaban J connectivity index is 3.13. The number of ether oxygens (including phenoxy) is 1. The van der Waals surface area contributed by atoms with Crippen LogP contribution in [0.2, 0.25) is 0 Å². The van der Waals surface area contributed by atoms with Crippen LogP contribution in [0.25, 0.3) is 0 Å². The molecule has 1 aromatic rings. The number of benzene rings is 1. The monoisotopic (exact) mass is 297 g/mol. The van der Waals surface area contributed by atoms with Crippen LogP contribution in [0.1, 0.15) is 10.4 Å². The molecule has 108 valence electrons. The van der Waals surface area contributed by atoms with E-state index in [1.54, 1.807) is 0 Å². The zero-order chi connectivity index (χ0) is 15.3. The summed E-state index contributed by atoms with van der Waals surface area (Å²) < 4.78 is 17.0. The Hall–Kier alpha value is -2.07. The average Bonchev–Trinajstić information content (AvgIpc) is 2.35. The molecule has 0 fully saturated rings. The number of nitrogens with one attached hydrogen (secondary N) is 1. The van der Waals surface area contributed by atoms with E-state index in [4.69, 9.17) is 9.84 Å². The maximum atomic E-state index is 12.2. The van der Waals surface area contributed by atoms with Gasteiger partial charge in [-0.15, -0.1) is 0 Å². The predicted octanol–water partition coefficient (Wildman–Crippen LogP) is 2.37. The minimum atomic E-state index is -2.76. The van der Waals surface area contributed by atoms with Crippen molar-refractivity contribution in [3.63, 3.8) is 0 Å². The standard InChI is InChI=1S/C13H16NO5P/c1-4-7-19-13(17)14-10-6-5-9(12(15)16)8-11(10)20(2,3)18/h4-6,8H,1,7H2,2-3H3,(H,14,17)(H,15,16). The molecule has 0 unspecified atom stereocenters. The molecule has 7 heteroatoms. The van der Waals surface area contributed by atoms with E-state index in [1.807, 2.05) is 0 Å². The Kier molecular flexibility index (Phi) is 5.11. The lowest BCUT2D eigenvalue weighted by atomic mass is 10.2. The van der Waals surface area contributed by atoms with E-state index in [1.165, 1.54) is 37.6 Å². The third-order valence-corrected chi connectivity index (χ3v) is 3.92. The van der Waals surface area contributed by atoms with Crippen molar-refractivity contribution < 1.29 is 24.0 Å². The minimum Gasteiger partial charge on any atom is -0.478 e. The fourth-order valence-electron chi connectivity index (χ4n) is 1.50. The number of carboxylic acid groups (broad SMARTS) is 1. The lowest BCUT2D eigenvalue weighted by Gasteiger charge is -2.15. The van der Waals surface area contributed by atoms with Crippen LogP contribution in [0.15, 0.2) is 30.9 Å². The Bertz CT molecular complexity index is 590. The second kappa shape index (κ2) is 6.39. The number of aromatic carboxylic acids is 1. The molecule has 1 aromatic carbocycles. The SMILES string of the molecule is C=CCOC(=O)Nc1ccc(C(=O)O)cc1P(C)(C)=O. The zero-order valence-corrected chi connectivity index (χ0v) is 12.1. The molecular weight excluding hydrogens is 281 g/mol. The van der Waals surface area contributed by atoms with Crippen LogP contribution in [-0.4, -0.2) is 37.1 Å². The van der Waals surface area contributed by atoms with Gasteiger partial charge in [-0.05, 0) is 31.5 Å². The minimum absolute atomic E-state index is 0.00827. The molecule has 0 aromatic heterocycles. The van der Waals surface area contributed by atoms with Crippen molar-refractivity contribution in [3.8, 4) is 0 Å². The fourth-order valence-corrected chi connectivity index (χ4v) is 2.66. The maximum absolute atomic E-state index is 12.2. The van der Waals surface area contributed by atoms with Gasteiger partial charge in [0.2, 0.25) is 0 Å². The number of hydrogen-bond donors (Lipinski definition) is 2. The molecule has 0 bridgehead atoms. The van der Waals surface area contributed by atoms with Crippen LogP contribution < -0.4 is 10.6 Å². The summed E-state index contributed by atoms with van der Waals surface area (Å²) in [5, 5.41) is 11.7. The Morgan fingerprint density at radius 1 is 1.45 bits per heavy atom. The van der Waals surface area contributed by atoms with Crippen molar-refractivity contribution in [2.45, 2.75) is 0 Å². The van der Waals surface area contributed by atoms with Gasteiger partial charge < -0.3 is 14.4 Å². The van der Waals surface area contributed by atoms with E-state index < -0.39 is 19.2 Å². The summed E-state index contributed by atoms with van der Waals surface area (Å²) in [6.45, 7) is 6.45. The predicted molar refractivity (Wildman–Crippen MR) is 77.7 cm³/mol. The molecular formula is C13H16NO5P. The number of carbonyl (C=O) groups excluding carboxylic acids is 1. The summed E-state index contributed by atoms with van der Waals surface area (Å²) in [7, 11) is -2.76. The lowest BCUT2D eigenvalue weighted by molar-refractivity contribution is 0.0697. The van der Waals surface area contributed by atoms with Crippen molar-refractivity contribution in [2.24, 2.45) is 0 Å². The first-order valence-corrected chi connectivity index (χ1v) is 8.33. The Morgan fingerprint density at radius 2 is 2.10 bits per heavy atom. The largest absolute Gasteiger partial charge is 0.478 e. The highest BCUT2D eigenvalue weighted by Gasteiger charge is 2.20. The first kappa shape index (κ1) is 16.0. The first-order chi connectivity index (χ1) is 9.25. The van der Waals surface area contributed by atoms with Gasteiger partial charge in [-0.1, -0.05) is 12.7 Å². The highest BCUT2D eigenvalue weighted by molar-refractivity contribution is 7.70. The van der Waals surface area contributed by atoms with Gasteiger partial charge >= 0.3 is 12.1 Å². The fraction of sp³-hybridized carbons (Fsp3) is 0.231. The molecule has 0 saturated carbocycles. The quantitative estimate of drug-likeness (QED) is 0.643. The molecule has 0 aliphatic heterocycles. The molecule has 1 amide bonds. The van der Waals surface area contributed by atoms with Crippen LogP contribution in [0.4, 0.5) is 10.5 Å². The molecule has 20 heavy (non-hydrogen) atoms. The summed E-state index contributed by atoms with van der Waals surface area (Å²) in [4.78, 5) is 22.4. The number of rotatable bonds is 5. The normalized spacial score (nSPS) is 10.7. The van der Waals surface area contributed by atoms with Crippen molar-refractivity contribution >= 4 is 30.2 Å². The van der Waals surface area contributed by atoms with Gasteiger partial charge in [0.1, 0.15) is 13.7 Å². The van der Waals surface area contributed by atoms with E-state index in [2.05, 4.69) is 11.9 Å². The van der Waals surface area contributed by atoms with Crippen molar-refractivity contribution in [2.75, 3.05) is 25.3 Å². The summed E-state index contributed by atoms with van der Waals surface area (Å²) in [6, 6.07) is 4.02. The number of hydrogen-bond acceptors (Lipinski definition) is 4. The number of anilines is 1. The number of carbonyl (C=O) groups is 2. The molecule has 1 rings (SSSR count). The van der Waals surface area contributed by atoms with Gasteiger partial charge in [-0.2, -0.15) is 0 Å². The van der Waals surface area contributed by atoms with Crippen LogP contribution in [0, 0.1) is 0 Å². The molecule has 0 spiro atoms. The second-order valence-corrected chi connectivity index (χ2v) is 7.58. The summed E-state index contributed by atoms with van der Waals surface area (Å²) >= 11 is 0. The first-order valence-electron chi connectivity index (χ1n) is 5.73. The molecule has 2 N–H and O–H groups in total. The van der Waals surface area contributed by atoms with Gasteiger partial charge in [0.25, 0.3) is 0 Å². The third kappa shape index (κ3) is 4.24. The molecule has 0 saturated heterocycles. The Labute approximate surface area is 116 Å². The number of amides is 1. The van der Waals surface area contributed by atoms with Crippen molar-refractivity contribution in [3.05, 3.63) is 36.4 Å². The zero-order valence-electron chi connectivity index (χ0n) is 11.3. The second-order valence-electron chi connectivity index (χ2n) is 4.40. The van der Waals surface area contributed by atoms with E-state index in [0.717, 1.165) is 0 Å². The van der Waals surface area contributed by atoms with Gasteiger partial charge in [0, 0.05) is 5.30 Å². The topological polar surface area (TPSA) is 92.7 Å². The van der Waals surface area contributed by atoms with Gasteiger partial charge in [-0.3, -0.25) is 5.32 Å². The molecule has 0 radical (unpaired) electrons. The van der Waals surface area contributed by atoms with E-state index in [-0.39, 0.29) is 23.2 Å². The van der Waals surface area contributed by atoms with E-state index in [0.29, 0.717) is 0 Å². The molecule has 0 aliphatic carbocycles. The molecule has 0 aliphatic rings. The summed E-state index contributed by atoms with van der Waals surface area (Å²) in [6.07, 6.45) is 0.695. The van der Waals surface area contributed by atoms with E-state index >= 15 is 0 Å².